The van der Waals surface area contributed by atoms with E-state index in [-0.39, 0.29) is 29.6 Å². The lowest BCUT2D eigenvalue weighted by molar-refractivity contribution is -0.130. The van der Waals surface area contributed by atoms with Crippen LogP contribution in [0.4, 0.5) is 10.1 Å². The van der Waals surface area contributed by atoms with Crippen molar-refractivity contribution in [2.45, 2.75) is 38.3 Å². The summed E-state index contributed by atoms with van der Waals surface area (Å²) >= 11 is 0. The van der Waals surface area contributed by atoms with Crippen LogP contribution in [-0.4, -0.2) is 20.1 Å². The van der Waals surface area contributed by atoms with Gasteiger partial charge in [-0.3, -0.25) is 9.36 Å². The van der Waals surface area contributed by atoms with E-state index in [9.17, 15) is 13.8 Å². The van der Waals surface area contributed by atoms with Crippen LogP contribution in [0.25, 0.3) is 11.1 Å². The summed E-state index contributed by atoms with van der Waals surface area (Å²) in [6, 6.07) is 39.5. The van der Waals surface area contributed by atoms with Gasteiger partial charge in [0.2, 0.25) is 5.91 Å². The Morgan fingerprint density at radius 3 is 2.06 bits per heavy atom. The normalized spacial score (nSPS) is 16.8. The number of para-hydroxylation sites is 1. The molecule has 1 heterocycles. The molecule has 246 valence electrons. The first-order chi connectivity index (χ1) is 23.3. The lowest BCUT2D eigenvalue weighted by Gasteiger charge is -2.48. The van der Waals surface area contributed by atoms with Gasteiger partial charge in [-0.2, -0.15) is 0 Å². The van der Waals surface area contributed by atoms with E-state index >= 15 is 0 Å². The number of ether oxygens (including phenoxy) is 1. The minimum atomic E-state index is -3.38. The molecule has 0 unspecified atom stereocenters. The molecule has 1 amide bonds. The average Bonchev–Trinajstić information content (AvgIpc) is 3.13. The second-order valence-corrected chi connectivity index (χ2v) is 14.3. The van der Waals surface area contributed by atoms with Gasteiger partial charge in [-0.05, 0) is 83.5 Å². The number of β-lactam (4-membered cyclic amide) rings is 1. The number of rotatable bonds is 13. The van der Waals surface area contributed by atoms with Crippen LogP contribution in [0.15, 0.2) is 127 Å². The Bertz CT molecular complexity index is 1880. The molecular formula is C40H39FNO5P. The Hall–Kier alpha value is -4.55. The van der Waals surface area contributed by atoms with Crippen LogP contribution in [-0.2, 0) is 25.0 Å². The SMILES string of the molecule is COP(=O)(OC)c1ccc(-c2ccc([C@@H]3[C@@H](CC[C@H](C)c4ccc(F)cc4)C(=O)N3c3ccccc3)c(OCc3ccccc3)c2)cc1. The predicted molar refractivity (Wildman–Crippen MR) is 188 cm³/mol. The van der Waals surface area contributed by atoms with E-state index in [1.54, 1.807) is 12.1 Å². The van der Waals surface area contributed by atoms with E-state index in [1.807, 2.05) is 102 Å². The Labute approximate surface area is 281 Å². The maximum Gasteiger partial charge on any atom is 0.360 e. The Morgan fingerprint density at radius 2 is 1.42 bits per heavy atom. The zero-order chi connectivity index (χ0) is 33.7. The molecule has 48 heavy (non-hydrogen) atoms. The van der Waals surface area contributed by atoms with Gasteiger partial charge in [-0.15, -0.1) is 0 Å². The molecule has 0 aromatic heterocycles. The fraction of sp³-hybridized carbons (Fsp3) is 0.225. The molecule has 0 radical (unpaired) electrons. The maximum absolute atomic E-state index is 13.9. The Morgan fingerprint density at radius 1 is 0.792 bits per heavy atom. The third kappa shape index (κ3) is 7.00. The van der Waals surface area contributed by atoms with Crippen LogP contribution in [0.5, 0.6) is 5.75 Å². The largest absolute Gasteiger partial charge is 0.489 e. The molecule has 5 aromatic carbocycles. The number of amides is 1. The van der Waals surface area contributed by atoms with Gasteiger partial charge in [0.15, 0.2) is 0 Å². The van der Waals surface area contributed by atoms with Crippen LogP contribution in [0.2, 0.25) is 0 Å². The maximum atomic E-state index is 13.9. The third-order valence-corrected chi connectivity index (χ3v) is 11.1. The Balaban J connectivity index is 1.35. The molecule has 0 aliphatic carbocycles. The molecule has 0 spiro atoms. The van der Waals surface area contributed by atoms with Gasteiger partial charge in [0, 0.05) is 25.5 Å². The molecule has 0 N–H and O–H groups in total. The molecule has 0 bridgehead atoms. The van der Waals surface area contributed by atoms with Crippen molar-refractivity contribution in [3.8, 4) is 16.9 Å². The molecule has 1 aliphatic rings. The van der Waals surface area contributed by atoms with Crippen LogP contribution in [0.1, 0.15) is 48.4 Å². The molecule has 5 aromatic rings. The van der Waals surface area contributed by atoms with E-state index in [4.69, 9.17) is 13.8 Å². The summed E-state index contributed by atoms with van der Waals surface area (Å²) in [7, 11) is -0.643. The summed E-state index contributed by atoms with van der Waals surface area (Å²) in [5.41, 5.74) is 5.66. The highest BCUT2D eigenvalue weighted by molar-refractivity contribution is 7.62. The van der Waals surface area contributed by atoms with Crippen LogP contribution < -0.4 is 14.9 Å². The molecule has 0 saturated carbocycles. The van der Waals surface area contributed by atoms with Gasteiger partial charge in [0.25, 0.3) is 0 Å². The number of hydrogen-bond donors (Lipinski definition) is 0. The fourth-order valence-corrected chi connectivity index (χ4v) is 7.48. The second-order valence-electron chi connectivity index (χ2n) is 12.1. The van der Waals surface area contributed by atoms with Crippen molar-refractivity contribution < 1.29 is 27.5 Å². The summed E-state index contributed by atoms with van der Waals surface area (Å²) in [4.78, 5) is 15.7. The fourth-order valence-electron chi connectivity index (χ4n) is 6.39. The highest BCUT2D eigenvalue weighted by Crippen LogP contribution is 2.50. The monoisotopic (exact) mass is 663 g/mol. The van der Waals surface area contributed by atoms with Crippen LogP contribution in [0.3, 0.4) is 0 Å². The zero-order valence-corrected chi connectivity index (χ0v) is 28.2. The number of hydrogen-bond acceptors (Lipinski definition) is 5. The van der Waals surface area contributed by atoms with Crippen molar-refractivity contribution in [1.29, 1.82) is 0 Å². The van der Waals surface area contributed by atoms with Gasteiger partial charge in [-0.25, -0.2) is 4.39 Å². The number of halogens is 1. The second kappa shape index (κ2) is 14.7. The molecule has 6 nitrogen and oxygen atoms in total. The van der Waals surface area contributed by atoms with E-state index in [0.29, 0.717) is 24.1 Å². The van der Waals surface area contributed by atoms with E-state index in [1.165, 1.54) is 26.4 Å². The Kier molecular flexibility index (Phi) is 10.2. The van der Waals surface area contributed by atoms with Gasteiger partial charge in [0.05, 0.1) is 17.3 Å². The van der Waals surface area contributed by atoms with Crippen molar-refractivity contribution >= 4 is 24.5 Å². The number of carbonyl (C=O) groups excluding carboxylic acids is 1. The summed E-state index contributed by atoms with van der Waals surface area (Å²) in [6.45, 7) is 2.48. The molecule has 1 saturated heterocycles. The van der Waals surface area contributed by atoms with Gasteiger partial charge < -0.3 is 18.7 Å². The first-order valence-corrected chi connectivity index (χ1v) is 17.6. The lowest BCUT2D eigenvalue weighted by Crippen LogP contribution is -2.55. The summed E-state index contributed by atoms with van der Waals surface area (Å²) in [5, 5.41) is 0.470. The minimum absolute atomic E-state index is 0.0758. The molecule has 3 atom stereocenters. The molecule has 1 fully saturated rings. The van der Waals surface area contributed by atoms with Gasteiger partial charge in [-0.1, -0.05) is 91.9 Å². The highest BCUT2D eigenvalue weighted by atomic mass is 31.2. The van der Waals surface area contributed by atoms with E-state index in [0.717, 1.165) is 39.9 Å². The van der Waals surface area contributed by atoms with E-state index in [2.05, 4.69) is 13.0 Å². The zero-order valence-electron chi connectivity index (χ0n) is 27.3. The number of anilines is 1. The van der Waals surface area contributed by atoms with Crippen LogP contribution >= 0.6 is 7.60 Å². The standard InChI is InChI=1S/C40H39FNO5P/c1-28(30-15-20-33(41)21-16-30)14-24-37-39(42(40(37)43)34-12-8-5-9-13-34)36-25-19-32(26-38(36)47-27-29-10-6-4-7-11-29)31-17-22-35(23-18-31)48(44,45-2)46-3/h4-13,15-23,25-26,28,37,39H,14,24,27H2,1-3H3/t28-,37+,39+/m0/s1. The van der Waals surface area contributed by atoms with Crippen molar-refractivity contribution in [3.05, 3.63) is 150 Å². The highest BCUT2D eigenvalue weighted by Gasteiger charge is 2.49. The van der Waals surface area contributed by atoms with Crippen molar-refractivity contribution in [1.82, 2.24) is 0 Å². The topological polar surface area (TPSA) is 65.1 Å². The number of carbonyl (C=O) groups is 1. The van der Waals surface area contributed by atoms with Crippen molar-refractivity contribution in [2.24, 2.45) is 5.92 Å². The average molecular weight is 664 g/mol. The van der Waals surface area contributed by atoms with Crippen LogP contribution in [0, 0.1) is 11.7 Å². The van der Waals surface area contributed by atoms with Gasteiger partial charge >= 0.3 is 7.60 Å². The predicted octanol–water partition coefficient (Wildman–Crippen LogP) is 9.47. The molecule has 1 aliphatic heterocycles. The van der Waals surface area contributed by atoms with E-state index < -0.39 is 7.60 Å². The molecular weight excluding hydrogens is 624 g/mol. The summed E-state index contributed by atoms with van der Waals surface area (Å²) < 4.78 is 43.4. The molecule has 8 heteroatoms. The number of nitrogens with zero attached hydrogens (tertiary/aromatic N) is 1. The smallest absolute Gasteiger partial charge is 0.360 e. The minimum Gasteiger partial charge on any atom is -0.489 e. The summed E-state index contributed by atoms with van der Waals surface area (Å²) in [6.07, 6.45) is 1.45. The first-order valence-electron chi connectivity index (χ1n) is 16.1. The van der Waals surface area contributed by atoms with Crippen molar-refractivity contribution in [3.63, 3.8) is 0 Å². The first kappa shape index (κ1) is 33.4. The summed E-state index contributed by atoms with van der Waals surface area (Å²) in [5.74, 6) is 0.415. The lowest BCUT2D eigenvalue weighted by atomic mass is 9.76. The van der Waals surface area contributed by atoms with Gasteiger partial charge in [0.1, 0.15) is 18.2 Å². The van der Waals surface area contributed by atoms with Crippen molar-refractivity contribution in [2.75, 3.05) is 19.1 Å². The quantitative estimate of drug-likeness (QED) is 0.0928. The third-order valence-electron chi connectivity index (χ3n) is 9.16. The number of benzene rings is 5. The molecule has 6 rings (SSSR count).